The molecule has 0 saturated heterocycles. The largest absolute Gasteiger partial charge is 0.464 e. The molecule has 0 aliphatic carbocycles. The molecular formula is C16H22N2O5. The van der Waals surface area contributed by atoms with E-state index in [2.05, 4.69) is 16.6 Å². The predicted octanol–water partition coefficient (Wildman–Crippen LogP) is 2.06. The molecule has 0 heterocycles. The third-order valence-corrected chi connectivity index (χ3v) is 3.01. The Labute approximate surface area is 135 Å². The Morgan fingerprint density at radius 3 is 2.57 bits per heavy atom. The number of ether oxygens (including phenoxy) is 1. The van der Waals surface area contributed by atoms with E-state index in [0.29, 0.717) is 51.5 Å². The molecular weight excluding hydrogens is 300 g/mol. The number of nitrogens with zero attached hydrogens (tertiary/aromatic N) is 2. The molecule has 0 rings (SSSR count). The van der Waals surface area contributed by atoms with Crippen LogP contribution in [-0.2, 0) is 23.9 Å². The van der Waals surface area contributed by atoms with Crippen LogP contribution in [0.4, 0.5) is 0 Å². The van der Waals surface area contributed by atoms with Gasteiger partial charge < -0.3 is 4.74 Å². The highest BCUT2D eigenvalue weighted by molar-refractivity contribution is 5.78. The lowest BCUT2D eigenvalue weighted by Gasteiger charge is -2.10. The number of unbranched alkanes of at least 4 members (excludes halogenated alkanes) is 1. The van der Waals surface area contributed by atoms with Crippen molar-refractivity contribution in [3.63, 3.8) is 0 Å². The van der Waals surface area contributed by atoms with Crippen LogP contribution in [0.2, 0.25) is 0 Å². The number of hydrogen-bond donors (Lipinski definition) is 0. The van der Waals surface area contributed by atoms with Gasteiger partial charge in [0.2, 0.25) is 12.2 Å². The molecule has 0 fully saturated rings. The number of allylic oxidation sites excluding steroid dienone is 1. The van der Waals surface area contributed by atoms with Crippen LogP contribution in [0.1, 0.15) is 44.9 Å². The van der Waals surface area contributed by atoms with Gasteiger partial charge in [0.25, 0.3) is 0 Å². The van der Waals surface area contributed by atoms with Gasteiger partial charge in [-0.1, -0.05) is 6.08 Å². The van der Waals surface area contributed by atoms with Crippen molar-refractivity contribution in [2.75, 3.05) is 13.2 Å². The Morgan fingerprint density at radius 1 is 1.13 bits per heavy atom. The molecule has 23 heavy (non-hydrogen) atoms. The van der Waals surface area contributed by atoms with Gasteiger partial charge in [0.15, 0.2) is 6.04 Å². The van der Waals surface area contributed by atoms with Crippen LogP contribution in [0.15, 0.2) is 22.6 Å². The highest BCUT2D eigenvalue weighted by Crippen LogP contribution is 2.08. The van der Waals surface area contributed by atoms with Gasteiger partial charge in [0.05, 0.1) is 13.2 Å². The second kappa shape index (κ2) is 14.6. The van der Waals surface area contributed by atoms with Crippen LogP contribution in [0.5, 0.6) is 0 Å². The molecule has 126 valence electrons. The lowest BCUT2D eigenvalue weighted by atomic mass is 10.1. The molecule has 0 radical (unpaired) electrons. The van der Waals surface area contributed by atoms with Crippen molar-refractivity contribution < 1.29 is 23.9 Å². The number of carbonyl (C=O) groups excluding carboxylic acids is 4. The number of ketones is 1. The van der Waals surface area contributed by atoms with E-state index in [1.54, 1.807) is 6.08 Å². The Balaban J connectivity index is 4.00. The van der Waals surface area contributed by atoms with E-state index < -0.39 is 12.0 Å². The van der Waals surface area contributed by atoms with Gasteiger partial charge in [-0.05, 0) is 32.1 Å². The average molecular weight is 322 g/mol. The first kappa shape index (κ1) is 20.6. The van der Waals surface area contributed by atoms with Crippen molar-refractivity contribution in [1.29, 1.82) is 0 Å². The van der Waals surface area contributed by atoms with Crippen molar-refractivity contribution >= 4 is 23.9 Å². The molecule has 0 aromatic heterocycles. The fourth-order valence-corrected chi connectivity index (χ4v) is 1.80. The van der Waals surface area contributed by atoms with Crippen LogP contribution < -0.4 is 0 Å². The molecule has 0 bridgehead atoms. The van der Waals surface area contributed by atoms with Gasteiger partial charge in [-0.2, -0.15) is 4.99 Å². The fraction of sp³-hybridized carbons (Fsp3) is 0.625. The summed E-state index contributed by atoms with van der Waals surface area (Å²) < 4.78 is 5.02. The van der Waals surface area contributed by atoms with E-state index in [9.17, 15) is 19.2 Å². The Morgan fingerprint density at radius 2 is 1.91 bits per heavy atom. The maximum atomic E-state index is 11.8. The topological polar surface area (TPSA) is 102 Å². The predicted molar refractivity (Wildman–Crippen MR) is 83.4 cm³/mol. The average Bonchev–Trinajstić information content (AvgIpc) is 2.55. The first-order valence-corrected chi connectivity index (χ1v) is 7.55. The van der Waals surface area contributed by atoms with Crippen molar-refractivity contribution in [3.05, 3.63) is 12.7 Å². The van der Waals surface area contributed by atoms with Crippen LogP contribution >= 0.6 is 0 Å². The van der Waals surface area contributed by atoms with Gasteiger partial charge >= 0.3 is 5.97 Å². The monoisotopic (exact) mass is 322 g/mol. The van der Waals surface area contributed by atoms with E-state index in [1.807, 2.05) is 0 Å². The number of rotatable bonds is 14. The minimum Gasteiger partial charge on any atom is -0.464 e. The molecule has 0 aliphatic heterocycles. The molecule has 0 N–H and O–H groups in total. The summed E-state index contributed by atoms with van der Waals surface area (Å²) in [6, 6.07) is -0.899. The Bertz CT molecular complexity index is 477. The third kappa shape index (κ3) is 11.9. The summed E-state index contributed by atoms with van der Waals surface area (Å²) in [7, 11) is 0. The Hall–Kier alpha value is -2.36. The fourth-order valence-electron chi connectivity index (χ4n) is 1.80. The lowest BCUT2D eigenvalue weighted by molar-refractivity contribution is -0.145. The Kier molecular flexibility index (Phi) is 13.1. The number of Topliss-reactive ketones (excluding diaryl/α,β-unsaturated/α-hetero) is 1. The van der Waals surface area contributed by atoms with Crippen molar-refractivity contribution in [1.82, 2.24) is 0 Å². The van der Waals surface area contributed by atoms with E-state index in [0.717, 1.165) is 0 Å². The standard InChI is InChI=1S/C16H22N2O5/c1-2-3-7-14(21)8-6-11-23-16(22)15(18-13-20)9-4-5-10-17-12-19/h2,15H,1,3-11H2. The first-order chi connectivity index (χ1) is 11.2. The van der Waals surface area contributed by atoms with E-state index >= 15 is 0 Å². The highest BCUT2D eigenvalue weighted by atomic mass is 16.5. The van der Waals surface area contributed by atoms with Gasteiger partial charge in [-0.3, -0.25) is 4.79 Å². The summed E-state index contributed by atoms with van der Waals surface area (Å²) in [4.78, 5) is 50.3. The zero-order chi connectivity index (χ0) is 17.3. The van der Waals surface area contributed by atoms with E-state index in [-0.39, 0.29) is 12.4 Å². The molecule has 0 spiro atoms. The highest BCUT2D eigenvalue weighted by Gasteiger charge is 2.18. The summed E-state index contributed by atoms with van der Waals surface area (Å²) in [6.45, 7) is 3.97. The number of aliphatic imine (C=N–C) groups is 2. The molecule has 7 heteroatoms. The van der Waals surface area contributed by atoms with Gasteiger partial charge in [0.1, 0.15) is 5.78 Å². The van der Waals surface area contributed by atoms with Crippen LogP contribution in [0.25, 0.3) is 0 Å². The smallest absolute Gasteiger partial charge is 0.331 e. The molecule has 7 nitrogen and oxygen atoms in total. The lowest BCUT2D eigenvalue weighted by Crippen LogP contribution is -2.22. The van der Waals surface area contributed by atoms with Gasteiger partial charge in [-0.25, -0.2) is 19.4 Å². The minimum absolute atomic E-state index is 0.0964. The summed E-state index contributed by atoms with van der Waals surface area (Å²) in [5.74, 6) is -0.509. The molecule has 1 unspecified atom stereocenters. The van der Waals surface area contributed by atoms with Crippen LogP contribution in [-0.4, -0.2) is 43.1 Å². The molecule has 0 saturated carbocycles. The number of hydrogen-bond acceptors (Lipinski definition) is 7. The molecule has 1 atom stereocenters. The second-order valence-corrected chi connectivity index (χ2v) is 4.84. The van der Waals surface area contributed by atoms with Crippen molar-refractivity contribution in [3.8, 4) is 0 Å². The van der Waals surface area contributed by atoms with E-state index in [4.69, 9.17) is 4.74 Å². The molecule has 0 aromatic rings. The maximum absolute atomic E-state index is 11.8. The molecule has 0 amide bonds. The summed E-state index contributed by atoms with van der Waals surface area (Å²) in [5, 5.41) is 0. The zero-order valence-corrected chi connectivity index (χ0v) is 13.2. The SMILES string of the molecule is C=CCCC(=O)CCCOC(=O)C(CCCCN=C=O)N=C=O. The van der Waals surface area contributed by atoms with Crippen LogP contribution in [0.3, 0.4) is 0 Å². The molecule has 0 aromatic carbocycles. The zero-order valence-electron chi connectivity index (χ0n) is 13.2. The third-order valence-electron chi connectivity index (χ3n) is 3.01. The minimum atomic E-state index is -0.899. The number of carbonyl (C=O) groups is 2. The first-order valence-electron chi connectivity index (χ1n) is 7.55. The maximum Gasteiger partial charge on any atom is 0.331 e. The quantitative estimate of drug-likeness (QED) is 0.160. The normalized spacial score (nSPS) is 10.8. The number of esters is 1. The van der Waals surface area contributed by atoms with Crippen molar-refractivity contribution in [2.45, 2.75) is 51.0 Å². The van der Waals surface area contributed by atoms with Gasteiger partial charge in [-0.15, -0.1) is 6.58 Å². The summed E-state index contributed by atoms with van der Waals surface area (Å²) in [6.07, 6.45) is 7.80. The second-order valence-electron chi connectivity index (χ2n) is 4.84. The number of isocyanates is 2. The van der Waals surface area contributed by atoms with Gasteiger partial charge in [0, 0.05) is 12.8 Å². The molecule has 0 aliphatic rings. The van der Waals surface area contributed by atoms with E-state index in [1.165, 1.54) is 12.2 Å². The van der Waals surface area contributed by atoms with Crippen LogP contribution in [0, 0.1) is 0 Å². The van der Waals surface area contributed by atoms with Crippen molar-refractivity contribution in [2.24, 2.45) is 9.98 Å². The summed E-state index contributed by atoms with van der Waals surface area (Å²) >= 11 is 0. The summed E-state index contributed by atoms with van der Waals surface area (Å²) in [5.41, 5.74) is 0.